The third-order valence-corrected chi connectivity index (χ3v) is 5.75. The van der Waals surface area contributed by atoms with Crippen molar-refractivity contribution in [3.8, 4) is 0 Å². The second-order valence-electron chi connectivity index (χ2n) is 6.34. The van der Waals surface area contributed by atoms with Gasteiger partial charge in [-0.05, 0) is 24.1 Å². The van der Waals surface area contributed by atoms with Crippen molar-refractivity contribution in [2.45, 2.75) is 37.7 Å². The fourth-order valence-corrected chi connectivity index (χ4v) is 4.54. The number of nitrogens with zero attached hydrogens (tertiary/aromatic N) is 2. The standard InChI is InChI=1S/C16H22N2O2S/c1-12(2)15(19)18-10-16(11-18)7-14(9-21-16)20-8-13-3-5-17-6-4-13/h3-6,12,14H,7-11H2,1-2H3. The van der Waals surface area contributed by atoms with Gasteiger partial charge in [0.25, 0.3) is 0 Å². The van der Waals surface area contributed by atoms with Gasteiger partial charge in [-0.25, -0.2) is 0 Å². The molecule has 114 valence electrons. The Hall–Kier alpha value is -1.07. The third kappa shape index (κ3) is 3.24. The molecule has 1 aromatic rings. The quantitative estimate of drug-likeness (QED) is 0.856. The molecule has 0 radical (unpaired) electrons. The molecule has 2 fully saturated rings. The van der Waals surface area contributed by atoms with Crippen molar-refractivity contribution < 1.29 is 9.53 Å². The third-order valence-electron chi connectivity index (χ3n) is 4.17. The van der Waals surface area contributed by atoms with E-state index in [9.17, 15) is 4.79 Å². The number of ether oxygens (including phenoxy) is 1. The minimum atomic E-state index is 0.104. The Morgan fingerprint density at radius 1 is 1.48 bits per heavy atom. The van der Waals surface area contributed by atoms with E-state index in [0.717, 1.165) is 25.3 Å². The van der Waals surface area contributed by atoms with Gasteiger partial charge in [0.1, 0.15) is 0 Å². The van der Waals surface area contributed by atoms with Crippen LogP contribution in [0.5, 0.6) is 0 Å². The van der Waals surface area contributed by atoms with Gasteiger partial charge in [-0.3, -0.25) is 9.78 Å². The van der Waals surface area contributed by atoms with E-state index in [1.165, 1.54) is 5.56 Å². The van der Waals surface area contributed by atoms with E-state index in [0.29, 0.717) is 12.7 Å². The number of amides is 1. The Morgan fingerprint density at radius 3 is 2.86 bits per heavy atom. The van der Waals surface area contributed by atoms with Crippen LogP contribution < -0.4 is 0 Å². The van der Waals surface area contributed by atoms with Gasteiger partial charge in [-0.1, -0.05) is 13.8 Å². The van der Waals surface area contributed by atoms with E-state index in [-0.39, 0.29) is 16.6 Å². The SMILES string of the molecule is CC(C)C(=O)N1CC2(CC(OCc3ccncc3)CS2)C1. The van der Waals surface area contributed by atoms with Gasteiger partial charge >= 0.3 is 0 Å². The van der Waals surface area contributed by atoms with Crippen LogP contribution in [-0.4, -0.2) is 45.5 Å². The van der Waals surface area contributed by atoms with E-state index in [2.05, 4.69) is 4.98 Å². The number of carbonyl (C=O) groups is 1. The molecule has 0 aliphatic carbocycles. The molecule has 2 saturated heterocycles. The molecule has 0 bridgehead atoms. The normalized spacial score (nSPS) is 23.6. The van der Waals surface area contributed by atoms with Crippen LogP contribution in [0.2, 0.25) is 0 Å². The van der Waals surface area contributed by atoms with Crippen molar-refractivity contribution in [1.29, 1.82) is 0 Å². The van der Waals surface area contributed by atoms with E-state index >= 15 is 0 Å². The molecular formula is C16H22N2O2S. The van der Waals surface area contributed by atoms with Crippen molar-refractivity contribution in [2.24, 2.45) is 5.92 Å². The lowest BCUT2D eigenvalue weighted by Crippen LogP contribution is -2.61. The summed E-state index contributed by atoms with van der Waals surface area (Å²) in [4.78, 5) is 17.9. The van der Waals surface area contributed by atoms with Crippen LogP contribution in [0, 0.1) is 5.92 Å². The summed E-state index contributed by atoms with van der Waals surface area (Å²) in [7, 11) is 0. The number of rotatable bonds is 4. The number of pyridine rings is 1. The summed E-state index contributed by atoms with van der Waals surface area (Å²) in [6.45, 7) is 6.37. The predicted molar refractivity (Wildman–Crippen MR) is 84.0 cm³/mol. The highest BCUT2D eigenvalue weighted by Gasteiger charge is 2.51. The van der Waals surface area contributed by atoms with Crippen LogP contribution >= 0.6 is 11.8 Å². The van der Waals surface area contributed by atoms with Crippen LogP contribution in [0.3, 0.4) is 0 Å². The second-order valence-corrected chi connectivity index (χ2v) is 7.82. The first-order valence-corrected chi connectivity index (χ1v) is 8.50. The number of hydrogen-bond donors (Lipinski definition) is 0. The number of hydrogen-bond acceptors (Lipinski definition) is 4. The van der Waals surface area contributed by atoms with E-state index in [1.54, 1.807) is 12.4 Å². The molecule has 2 aliphatic heterocycles. The molecule has 0 aromatic carbocycles. The molecule has 1 atom stereocenters. The Morgan fingerprint density at radius 2 is 2.19 bits per heavy atom. The van der Waals surface area contributed by atoms with Crippen LogP contribution in [-0.2, 0) is 16.1 Å². The largest absolute Gasteiger partial charge is 0.373 e. The lowest BCUT2D eigenvalue weighted by molar-refractivity contribution is -0.140. The van der Waals surface area contributed by atoms with Gasteiger partial charge in [-0.15, -0.1) is 11.8 Å². The maximum atomic E-state index is 11.9. The highest BCUT2D eigenvalue weighted by atomic mass is 32.2. The van der Waals surface area contributed by atoms with Crippen molar-refractivity contribution in [1.82, 2.24) is 9.88 Å². The molecule has 21 heavy (non-hydrogen) atoms. The van der Waals surface area contributed by atoms with Gasteiger partial charge in [-0.2, -0.15) is 0 Å². The minimum absolute atomic E-state index is 0.104. The Balaban J connectivity index is 1.46. The van der Waals surface area contributed by atoms with Gasteiger partial charge in [0.2, 0.25) is 5.91 Å². The van der Waals surface area contributed by atoms with Crippen molar-refractivity contribution in [3.05, 3.63) is 30.1 Å². The summed E-state index contributed by atoms with van der Waals surface area (Å²) >= 11 is 1.98. The average molecular weight is 306 g/mol. The molecule has 0 N–H and O–H groups in total. The molecule has 1 aromatic heterocycles. The van der Waals surface area contributed by atoms with Crippen molar-refractivity contribution >= 4 is 17.7 Å². The van der Waals surface area contributed by atoms with E-state index in [4.69, 9.17) is 4.74 Å². The monoisotopic (exact) mass is 306 g/mol. The van der Waals surface area contributed by atoms with Crippen LogP contribution in [0.4, 0.5) is 0 Å². The summed E-state index contributed by atoms with van der Waals surface area (Å²) in [6.07, 6.45) is 4.96. The lowest BCUT2D eigenvalue weighted by atomic mass is 9.92. The molecule has 5 heteroatoms. The summed E-state index contributed by atoms with van der Waals surface area (Å²) in [5, 5.41) is 0. The number of carbonyl (C=O) groups excluding carboxylic acids is 1. The topological polar surface area (TPSA) is 42.4 Å². The summed E-state index contributed by atoms with van der Waals surface area (Å²) < 4.78 is 6.27. The molecule has 1 spiro atoms. The zero-order valence-corrected chi connectivity index (χ0v) is 13.4. The average Bonchev–Trinajstić information content (AvgIpc) is 2.88. The second kappa shape index (κ2) is 5.97. The van der Waals surface area contributed by atoms with Crippen LogP contribution in [0.15, 0.2) is 24.5 Å². The maximum Gasteiger partial charge on any atom is 0.225 e. The smallest absolute Gasteiger partial charge is 0.225 e. The number of likely N-dealkylation sites (tertiary alicyclic amines) is 1. The van der Waals surface area contributed by atoms with Gasteiger partial charge < -0.3 is 9.64 Å². The van der Waals surface area contributed by atoms with Gasteiger partial charge in [0.15, 0.2) is 0 Å². The number of thioether (sulfide) groups is 1. The fraction of sp³-hybridized carbons (Fsp3) is 0.625. The van der Waals surface area contributed by atoms with E-state index in [1.807, 2.05) is 42.6 Å². The first kappa shape index (κ1) is 14.9. The minimum Gasteiger partial charge on any atom is -0.373 e. The Bertz CT molecular complexity index is 500. The van der Waals surface area contributed by atoms with Crippen LogP contribution in [0.25, 0.3) is 0 Å². The molecule has 3 rings (SSSR count). The zero-order chi connectivity index (χ0) is 14.9. The molecule has 4 nitrogen and oxygen atoms in total. The first-order valence-electron chi connectivity index (χ1n) is 7.51. The Kier molecular flexibility index (Phi) is 4.22. The maximum absolute atomic E-state index is 11.9. The van der Waals surface area contributed by atoms with Gasteiger partial charge in [0, 0.05) is 37.2 Å². The lowest BCUT2D eigenvalue weighted by Gasteiger charge is -2.48. The van der Waals surface area contributed by atoms with Crippen LogP contribution in [0.1, 0.15) is 25.8 Å². The zero-order valence-electron chi connectivity index (χ0n) is 12.6. The molecular weight excluding hydrogens is 284 g/mol. The van der Waals surface area contributed by atoms with Crippen molar-refractivity contribution in [2.75, 3.05) is 18.8 Å². The first-order chi connectivity index (χ1) is 10.1. The van der Waals surface area contributed by atoms with Gasteiger partial charge in [0.05, 0.1) is 17.5 Å². The highest BCUT2D eigenvalue weighted by molar-refractivity contribution is 8.01. The number of aromatic nitrogens is 1. The Labute approximate surface area is 130 Å². The molecule has 3 heterocycles. The molecule has 2 aliphatic rings. The summed E-state index contributed by atoms with van der Waals surface area (Å²) in [6, 6.07) is 3.98. The van der Waals surface area contributed by atoms with E-state index < -0.39 is 0 Å². The molecule has 1 unspecified atom stereocenters. The summed E-state index contributed by atoms with van der Waals surface area (Å²) in [5.74, 6) is 1.42. The molecule has 1 amide bonds. The fourth-order valence-electron chi connectivity index (χ4n) is 2.99. The highest BCUT2D eigenvalue weighted by Crippen LogP contribution is 2.46. The predicted octanol–water partition coefficient (Wildman–Crippen LogP) is 2.34. The molecule has 0 saturated carbocycles. The summed E-state index contributed by atoms with van der Waals surface area (Å²) in [5.41, 5.74) is 1.17. The van der Waals surface area contributed by atoms with Crippen molar-refractivity contribution in [3.63, 3.8) is 0 Å².